The largest absolute Gasteiger partial charge is 0.392 e. The SMILES string of the molecule is O=C(Nc1c(F)c(F)c(F)c(F)c1F)c1ccc(C#CC#Cc2ccc(CO)cc2)cc1. The number of rotatable bonds is 3. The van der Waals surface area contributed by atoms with Gasteiger partial charge in [-0.25, -0.2) is 22.0 Å². The van der Waals surface area contributed by atoms with Gasteiger partial charge >= 0.3 is 0 Å². The van der Waals surface area contributed by atoms with Crippen molar-refractivity contribution in [3.05, 3.63) is 99.9 Å². The monoisotopic (exact) mass is 441 g/mol. The predicted octanol–water partition coefficient (Wildman–Crippen LogP) is 4.53. The first-order valence-corrected chi connectivity index (χ1v) is 8.96. The van der Waals surface area contributed by atoms with Crippen molar-refractivity contribution in [1.82, 2.24) is 0 Å². The molecular formula is C24H12F5NO2. The van der Waals surface area contributed by atoms with Gasteiger partial charge in [0, 0.05) is 16.7 Å². The molecule has 0 atom stereocenters. The Bertz CT molecular complexity index is 1270. The van der Waals surface area contributed by atoms with E-state index < -0.39 is 40.7 Å². The van der Waals surface area contributed by atoms with Crippen LogP contribution in [0.1, 0.15) is 27.0 Å². The molecule has 3 rings (SSSR count). The average molecular weight is 441 g/mol. The number of nitrogens with one attached hydrogen (secondary N) is 1. The second kappa shape index (κ2) is 9.78. The Morgan fingerprint density at radius 2 is 1.16 bits per heavy atom. The fourth-order valence-electron chi connectivity index (χ4n) is 2.51. The Labute approximate surface area is 179 Å². The van der Waals surface area contributed by atoms with Gasteiger partial charge in [-0.3, -0.25) is 4.79 Å². The molecule has 0 radical (unpaired) electrons. The minimum Gasteiger partial charge on any atom is -0.392 e. The Balaban J connectivity index is 1.71. The smallest absolute Gasteiger partial charge is 0.255 e. The summed E-state index contributed by atoms with van der Waals surface area (Å²) >= 11 is 0. The van der Waals surface area contributed by atoms with Gasteiger partial charge in [-0.2, -0.15) is 0 Å². The van der Waals surface area contributed by atoms with E-state index in [2.05, 4.69) is 23.7 Å². The second-order valence-corrected chi connectivity index (χ2v) is 6.33. The van der Waals surface area contributed by atoms with E-state index >= 15 is 0 Å². The van der Waals surface area contributed by atoms with Crippen molar-refractivity contribution in [2.45, 2.75) is 6.61 Å². The molecule has 0 fully saturated rings. The fraction of sp³-hybridized carbons (Fsp3) is 0.0417. The molecule has 0 heterocycles. The van der Waals surface area contributed by atoms with Gasteiger partial charge in [-0.1, -0.05) is 24.0 Å². The van der Waals surface area contributed by atoms with Crippen molar-refractivity contribution in [3.63, 3.8) is 0 Å². The van der Waals surface area contributed by atoms with Crippen LogP contribution in [-0.4, -0.2) is 11.0 Å². The number of carbonyl (C=O) groups excluding carboxylic acids is 1. The topological polar surface area (TPSA) is 49.3 Å². The lowest BCUT2D eigenvalue weighted by molar-refractivity contribution is 0.102. The molecule has 0 aliphatic carbocycles. The summed E-state index contributed by atoms with van der Waals surface area (Å²) in [6.45, 7) is -0.0664. The van der Waals surface area contributed by atoms with E-state index in [-0.39, 0.29) is 12.2 Å². The molecule has 3 aromatic carbocycles. The van der Waals surface area contributed by atoms with Crippen molar-refractivity contribution in [1.29, 1.82) is 0 Å². The minimum atomic E-state index is -2.31. The highest BCUT2D eigenvalue weighted by molar-refractivity contribution is 6.04. The van der Waals surface area contributed by atoms with Gasteiger partial charge in [-0.15, -0.1) is 0 Å². The molecule has 0 aliphatic rings. The van der Waals surface area contributed by atoms with Gasteiger partial charge in [-0.05, 0) is 53.8 Å². The van der Waals surface area contributed by atoms with E-state index in [0.717, 1.165) is 5.56 Å². The van der Waals surface area contributed by atoms with Crippen LogP contribution in [0.3, 0.4) is 0 Å². The molecule has 2 N–H and O–H groups in total. The van der Waals surface area contributed by atoms with E-state index in [1.807, 2.05) is 0 Å². The third kappa shape index (κ3) is 4.94. The van der Waals surface area contributed by atoms with Crippen LogP contribution >= 0.6 is 0 Å². The van der Waals surface area contributed by atoms with Crippen molar-refractivity contribution in [2.75, 3.05) is 5.32 Å². The van der Waals surface area contributed by atoms with Gasteiger partial charge in [0.25, 0.3) is 5.91 Å². The molecule has 0 aromatic heterocycles. The molecule has 160 valence electrons. The summed E-state index contributed by atoms with van der Waals surface area (Å²) in [5, 5.41) is 10.7. The highest BCUT2D eigenvalue weighted by Gasteiger charge is 2.27. The van der Waals surface area contributed by atoms with Gasteiger partial charge in [0.1, 0.15) is 5.69 Å². The van der Waals surface area contributed by atoms with Crippen LogP contribution in [0.4, 0.5) is 27.6 Å². The van der Waals surface area contributed by atoms with Crippen LogP contribution in [0.2, 0.25) is 0 Å². The van der Waals surface area contributed by atoms with Crippen molar-refractivity contribution >= 4 is 11.6 Å². The number of benzene rings is 3. The Kier molecular flexibility index (Phi) is 6.89. The van der Waals surface area contributed by atoms with E-state index in [4.69, 9.17) is 5.11 Å². The van der Waals surface area contributed by atoms with Crippen LogP contribution in [0, 0.1) is 52.8 Å². The highest BCUT2D eigenvalue weighted by atomic mass is 19.2. The van der Waals surface area contributed by atoms with E-state index in [1.165, 1.54) is 24.3 Å². The molecule has 0 saturated carbocycles. The van der Waals surface area contributed by atoms with Gasteiger partial charge in [0.05, 0.1) is 6.61 Å². The molecule has 0 unspecified atom stereocenters. The zero-order chi connectivity index (χ0) is 23.3. The number of anilines is 1. The second-order valence-electron chi connectivity index (χ2n) is 6.33. The predicted molar refractivity (Wildman–Crippen MR) is 107 cm³/mol. The average Bonchev–Trinajstić information content (AvgIpc) is 2.82. The summed E-state index contributed by atoms with van der Waals surface area (Å²) in [5.74, 6) is -1.15. The number of hydrogen-bond acceptors (Lipinski definition) is 2. The maximum Gasteiger partial charge on any atom is 0.255 e. The lowest BCUT2D eigenvalue weighted by Gasteiger charge is -2.10. The Morgan fingerprint density at radius 1 is 0.719 bits per heavy atom. The zero-order valence-electron chi connectivity index (χ0n) is 16.1. The summed E-state index contributed by atoms with van der Waals surface area (Å²) in [4.78, 5) is 12.1. The molecule has 3 aromatic rings. The molecule has 8 heteroatoms. The molecule has 0 saturated heterocycles. The first-order valence-electron chi connectivity index (χ1n) is 8.96. The summed E-state index contributed by atoms with van der Waals surface area (Å²) in [6.07, 6.45) is 0. The zero-order valence-corrected chi connectivity index (χ0v) is 16.1. The number of hydrogen-bond donors (Lipinski definition) is 2. The third-order valence-electron chi connectivity index (χ3n) is 4.21. The van der Waals surface area contributed by atoms with Crippen LogP contribution in [0.25, 0.3) is 0 Å². The van der Waals surface area contributed by atoms with E-state index in [0.29, 0.717) is 11.1 Å². The number of carbonyl (C=O) groups is 1. The normalized spacial score (nSPS) is 9.94. The van der Waals surface area contributed by atoms with Gasteiger partial charge in [0.15, 0.2) is 23.3 Å². The van der Waals surface area contributed by atoms with E-state index in [1.54, 1.807) is 29.6 Å². The first-order chi connectivity index (χ1) is 15.3. The van der Waals surface area contributed by atoms with Gasteiger partial charge in [0.2, 0.25) is 5.82 Å². The third-order valence-corrected chi connectivity index (χ3v) is 4.21. The first kappa shape index (κ1) is 22.5. The summed E-state index contributed by atoms with van der Waals surface area (Å²) in [5.41, 5.74) is 0.414. The molecule has 0 bridgehead atoms. The number of halogens is 5. The highest BCUT2D eigenvalue weighted by Crippen LogP contribution is 2.27. The summed E-state index contributed by atoms with van der Waals surface area (Å²) in [6, 6.07) is 12.3. The number of amides is 1. The lowest BCUT2D eigenvalue weighted by Crippen LogP contribution is -2.16. The van der Waals surface area contributed by atoms with E-state index in [9.17, 15) is 26.7 Å². The van der Waals surface area contributed by atoms with Crippen LogP contribution in [0.5, 0.6) is 0 Å². The molecule has 0 spiro atoms. The van der Waals surface area contributed by atoms with Crippen LogP contribution < -0.4 is 5.32 Å². The molecule has 0 aliphatic heterocycles. The van der Waals surface area contributed by atoms with Crippen molar-refractivity contribution in [2.24, 2.45) is 0 Å². The van der Waals surface area contributed by atoms with Gasteiger partial charge < -0.3 is 10.4 Å². The molecular weight excluding hydrogens is 429 g/mol. The number of aliphatic hydroxyl groups excluding tert-OH is 1. The molecule has 3 nitrogen and oxygen atoms in total. The molecule has 32 heavy (non-hydrogen) atoms. The summed E-state index contributed by atoms with van der Waals surface area (Å²) in [7, 11) is 0. The quantitative estimate of drug-likeness (QED) is 0.272. The standard InChI is InChI=1S/C24H12F5NO2/c25-18-19(26)21(28)23(22(29)20(18)27)30-24(32)17-11-9-15(10-12-17)4-2-1-3-14-5-7-16(13-31)8-6-14/h5-12,31H,13H2,(H,30,32). The maximum absolute atomic E-state index is 13.7. The maximum atomic E-state index is 13.7. The molecule has 1 amide bonds. The van der Waals surface area contributed by atoms with Crippen LogP contribution in [0.15, 0.2) is 48.5 Å². The summed E-state index contributed by atoms with van der Waals surface area (Å²) < 4.78 is 67.0. The van der Waals surface area contributed by atoms with Crippen molar-refractivity contribution < 1.29 is 31.9 Å². The van der Waals surface area contributed by atoms with Crippen LogP contribution in [-0.2, 0) is 6.61 Å². The Hall–Kier alpha value is -4.14. The lowest BCUT2D eigenvalue weighted by atomic mass is 10.1. The van der Waals surface area contributed by atoms with Crippen molar-refractivity contribution in [3.8, 4) is 23.7 Å². The minimum absolute atomic E-state index is 0.0664. The fourth-order valence-corrected chi connectivity index (χ4v) is 2.51. The Morgan fingerprint density at radius 3 is 1.62 bits per heavy atom. The number of aliphatic hydroxyl groups is 1.